The standard InChI is InChI=1S/C21H21N3O2S/c1-26-19-9-5-4-8-17(19)22-20(25)24-21-23-18(13-27-21)16-11-10-14-6-2-3-7-15(14)12-16/h4-5,8-13H,2-3,6-7H2,1H3,(H2,22,23,24,25). The lowest BCUT2D eigenvalue weighted by Gasteiger charge is -2.16. The number of carbonyl (C=O) groups is 1. The van der Waals surface area contributed by atoms with E-state index >= 15 is 0 Å². The molecule has 0 spiro atoms. The number of nitrogens with one attached hydrogen (secondary N) is 2. The summed E-state index contributed by atoms with van der Waals surface area (Å²) in [6.45, 7) is 0. The summed E-state index contributed by atoms with van der Waals surface area (Å²) in [5.74, 6) is 0.613. The van der Waals surface area contributed by atoms with E-state index in [2.05, 4.69) is 33.8 Å². The summed E-state index contributed by atoms with van der Waals surface area (Å²) in [6, 6.07) is 13.5. The number of aryl methyl sites for hydroxylation is 2. The van der Waals surface area contributed by atoms with Crippen molar-refractivity contribution in [2.45, 2.75) is 25.7 Å². The normalized spacial score (nSPS) is 12.9. The lowest BCUT2D eigenvalue weighted by molar-refractivity contribution is 0.262. The smallest absolute Gasteiger partial charge is 0.325 e. The summed E-state index contributed by atoms with van der Waals surface area (Å²) >= 11 is 1.42. The molecule has 0 radical (unpaired) electrons. The van der Waals surface area contributed by atoms with Gasteiger partial charge in [0, 0.05) is 10.9 Å². The number of fused-ring (bicyclic) bond motifs is 1. The average Bonchev–Trinajstić information content (AvgIpc) is 3.16. The zero-order valence-electron chi connectivity index (χ0n) is 15.1. The van der Waals surface area contributed by atoms with Crippen LogP contribution in [0, 0.1) is 0 Å². The number of aromatic nitrogens is 1. The second-order valence-electron chi connectivity index (χ2n) is 6.51. The Bertz CT molecular complexity index is 968. The molecular weight excluding hydrogens is 358 g/mol. The van der Waals surface area contributed by atoms with Crippen molar-refractivity contribution in [2.75, 3.05) is 17.7 Å². The summed E-state index contributed by atoms with van der Waals surface area (Å²) in [4.78, 5) is 16.8. The summed E-state index contributed by atoms with van der Waals surface area (Å²) in [5.41, 5.74) is 5.49. The fourth-order valence-electron chi connectivity index (χ4n) is 3.36. The molecule has 0 atom stereocenters. The summed E-state index contributed by atoms with van der Waals surface area (Å²) in [5, 5.41) is 8.13. The molecule has 6 heteroatoms. The fraction of sp³-hybridized carbons (Fsp3) is 0.238. The van der Waals surface area contributed by atoms with E-state index in [1.54, 1.807) is 19.2 Å². The van der Waals surface area contributed by atoms with E-state index in [0.29, 0.717) is 16.6 Å². The number of urea groups is 1. The highest BCUT2D eigenvalue weighted by molar-refractivity contribution is 7.14. The van der Waals surface area contributed by atoms with E-state index in [9.17, 15) is 4.79 Å². The molecule has 27 heavy (non-hydrogen) atoms. The molecule has 1 heterocycles. The lowest BCUT2D eigenvalue weighted by atomic mass is 9.90. The fourth-order valence-corrected chi connectivity index (χ4v) is 4.07. The highest BCUT2D eigenvalue weighted by Gasteiger charge is 2.13. The van der Waals surface area contributed by atoms with Crippen LogP contribution in [0.3, 0.4) is 0 Å². The number of rotatable bonds is 4. The van der Waals surface area contributed by atoms with Crippen LogP contribution in [0.2, 0.25) is 0 Å². The van der Waals surface area contributed by atoms with Gasteiger partial charge in [0.15, 0.2) is 5.13 Å². The number of hydrogen-bond acceptors (Lipinski definition) is 4. The Morgan fingerprint density at radius 1 is 1.07 bits per heavy atom. The number of carbonyl (C=O) groups excluding carboxylic acids is 1. The van der Waals surface area contributed by atoms with Crippen LogP contribution in [0.4, 0.5) is 15.6 Å². The van der Waals surface area contributed by atoms with Crippen molar-refractivity contribution in [2.24, 2.45) is 0 Å². The van der Waals surface area contributed by atoms with Crippen LogP contribution in [-0.2, 0) is 12.8 Å². The third-order valence-corrected chi connectivity index (χ3v) is 5.48. The van der Waals surface area contributed by atoms with Crippen molar-refractivity contribution in [1.82, 2.24) is 4.98 Å². The number of benzene rings is 2. The molecule has 1 aliphatic rings. The van der Waals surface area contributed by atoms with E-state index in [1.165, 1.54) is 41.7 Å². The molecular formula is C21H21N3O2S. The van der Waals surface area contributed by atoms with Crippen LogP contribution < -0.4 is 15.4 Å². The molecule has 5 nitrogen and oxygen atoms in total. The Kier molecular flexibility index (Phi) is 5.07. The number of ether oxygens (including phenoxy) is 1. The topological polar surface area (TPSA) is 63.2 Å². The molecule has 0 aliphatic heterocycles. The van der Waals surface area contributed by atoms with E-state index in [1.807, 2.05) is 17.5 Å². The maximum Gasteiger partial charge on any atom is 0.325 e. The van der Waals surface area contributed by atoms with Gasteiger partial charge in [-0.3, -0.25) is 5.32 Å². The molecule has 1 aliphatic carbocycles. The van der Waals surface area contributed by atoms with Gasteiger partial charge in [0.2, 0.25) is 0 Å². The van der Waals surface area contributed by atoms with Gasteiger partial charge >= 0.3 is 6.03 Å². The molecule has 2 amide bonds. The summed E-state index contributed by atoms with van der Waals surface area (Å²) in [6.07, 6.45) is 4.84. The zero-order valence-corrected chi connectivity index (χ0v) is 15.9. The summed E-state index contributed by atoms with van der Waals surface area (Å²) < 4.78 is 5.25. The number of hydrogen-bond donors (Lipinski definition) is 2. The van der Waals surface area contributed by atoms with Gasteiger partial charge in [-0.2, -0.15) is 0 Å². The second kappa shape index (κ2) is 7.80. The van der Waals surface area contributed by atoms with Crippen LogP contribution in [-0.4, -0.2) is 18.1 Å². The molecule has 0 unspecified atom stereocenters. The maximum absolute atomic E-state index is 12.3. The Hall–Kier alpha value is -2.86. The number of thiazole rings is 1. The van der Waals surface area contributed by atoms with Gasteiger partial charge in [-0.1, -0.05) is 24.3 Å². The van der Waals surface area contributed by atoms with Gasteiger partial charge in [-0.15, -0.1) is 11.3 Å². The molecule has 2 N–H and O–H groups in total. The monoisotopic (exact) mass is 379 g/mol. The Labute approximate surface area is 162 Å². The van der Waals surface area contributed by atoms with E-state index in [0.717, 1.165) is 17.7 Å². The molecule has 0 fully saturated rings. The predicted octanol–water partition coefficient (Wildman–Crippen LogP) is 5.34. The lowest BCUT2D eigenvalue weighted by Crippen LogP contribution is -2.19. The first-order valence-electron chi connectivity index (χ1n) is 9.01. The van der Waals surface area contributed by atoms with Gasteiger partial charge in [-0.25, -0.2) is 9.78 Å². The Balaban J connectivity index is 1.46. The molecule has 138 valence electrons. The van der Waals surface area contributed by atoms with Crippen LogP contribution >= 0.6 is 11.3 Å². The van der Waals surface area contributed by atoms with Crippen molar-refractivity contribution in [3.63, 3.8) is 0 Å². The maximum atomic E-state index is 12.3. The van der Waals surface area contributed by atoms with Crippen molar-refractivity contribution in [3.05, 3.63) is 59.0 Å². The van der Waals surface area contributed by atoms with Gasteiger partial charge in [0.05, 0.1) is 18.5 Å². The minimum absolute atomic E-state index is 0.342. The van der Waals surface area contributed by atoms with Crippen molar-refractivity contribution >= 4 is 28.2 Å². The largest absolute Gasteiger partial charge is 0.495 e. The highest BCUT2D eigenvalue weighted by Crippen LogP contribution is 2.30. The number of para-hydroxylation sites is 2. The SMILES string of the molecule is COc1ccccc1NC(=O)Nc1nc(-c2ccc3c(c2)CCCC3)cs1. The van der Waals surface area contributed by atoms with Gasteiger partial charge < -0.3 is 10.1 Å². The van der Waals surface area contributed by atoms with Crippen molar-refractivity contribution in [1.29, 1.82) is 0 Å². The molecule has 0 bridgehead atoms. The highest BCUT2D eigenvalue weighted by atomic mass is 32.1. The third kappa shape index (κ3) is 3.95. The number of nitrogens with zero attached hydrogens (tertiary/aromatic N) is 1. The molecule has 4 rings (SSSR count). The first-order valence-corrected chi connectivity index (χ1v) is 9.89. The minimum Gasteiger partial charge on any atom is -0.495 e. The van der Waals surface area contributed by atoms with Gasteiger partial charge in [0.1, 0.15) is 5.75 Å². The van der Waals surface area contributed by atoms with Crippen molar-refractivity contribution in [3.8, 4) is 17.0 Å². The second-order valence-corrected chi connectivity index (χ2v) is 7.37. The molecule has 0 saturated heterocycles. The Morgan fingerprint density at radius 2 is 1.89 bits per heavy atom. The molecule has 2 aromatic carbocycles. The number of amides is 2. The molecule has 3 aromatic rings. The van der Waals surface area contributed by atoms with E-state index in [-0.39, 0.29) is 6.03 Å². The van der Waals surface area contributed by atoms with Gasteiger partial charge in [-0.05, 0) is 55.0 Å². The predicted molar refractivity (Wildman–Crippen MR) is 110 cm³/mol. The average molecular weight is 379 g/mol. The first-order chi connectivity index (χ1) is 13.2. The first kappa shape index (κ1) is 17.5. The minimum atomic E-state index is -0.342. The molecule has 0 saturated carbocycles. The molecule has 1 aromatic heterocycles. The van der Waals surface area contributed by atoms with Crippen LogP contribution in [0.25, 0.3) is 11.3 Å². The third-order valence-electron chi connectivity index (χ3n) is 4.72. The number of methoxy groups -OCH3 is 1. The van der Waals surface area contributed by atoms with Crippen LogP contribution in [0.1, 0.15) is 24.0 Å². The Morgan fingerprint density at radius 3 is 2.74 bits per heavy atom. The van der Waals surface area contributed by atoms with Gasteiger partial charge in [0.25, 0.3) is 0 Å². The van der Waals surface area contributed by atoms with E-state index in [4.69, 9.17) is 4.74 Å². The zero-order chi connectivity index (χ0) is 18.6. The van der Waals surface area contributed by atoms with Crippen LogP contribution in [0.5, 0.6) is 5.75 Å². The van der Waals surface area contributed by atoms with Crippen LogP contribution in [0.15, 0.2) is 47.8 Å². The summed E-state index contributed by atoms with van der Waals surface area (Å²) in [7, 11) is 1.57. The number of anilines is 2. The van der Waals surface area contributed by atoms with E-state index < -0.39 is 0 Å². The van der Waals surface area contributed by atoms with Crippen molar-refractivity contribution < 1.29 is 9.53 Å². The quantitative estimate of drug-likeness (QED) is 0.643.